The molecule has 1 aromatic carbocycles. The summed E-state index contributed by atoms with van der Waals surface area (Å²) in [5, 5.41) is 7.08. The fourth-order valence-corrected chi connectivity index (χ4v) is 6.69. The molecule has 7 heteroatoms. The zero-order valence-electron chi connectivity index (χ0n) is 22.1. The summed E-state index contributed by atoms with van der Waals surface area (Å²) >= 11 is 1.66. The van der Waals surface area contributed by atoms with E-state index in [0.29, 0.717) is 6.54 Å². The van der Waals surface area contributed by atoms with Crippen LogP contribution in [0.25, 0.3) is 15.8 Å². The third kappa shape index (κ3) is 5.97. The van der Waals surface area contributed by atoms with Gasteiger partial charge in [-0.3, -0.25) is 9.59 Å². The number of thiazole rings is 1. The highest BCUT2D eigenvalue weighted by Gasteiger charge is 2.40. The minimum absolute atomic E-state index is 0.0385. The molecule has 196 valence electrons. The highest BCUT2D eigenvalue weighted by molar-refractivity contribution is 7.18. The quantitative estimate of drug-likeness (QED) is 0.371. The van der Waals surface area contributed by atoms with E-state index in [1.54, 1.807) is 24.5 Å². The van der Waals surface area contributed by atoms with Crippen molar-refractivity contribution in [3.63, 3.8) is 0 Å². The lowest BCUT2D eigenvalue weighted by atomic mass is 9.83. The number of aromatic nitrogens is 1. The summed E-state index contributed by atoms with van der Waals surface area (Å²) in [5.74, 6) is 2.66. The lowest BCUT2D eigenvalue weighted by Crippen LogP contribution is -2.55. The van der Waals surface area contributed by atoms with Crippen LogP contribution < -0.4 is 10.6 Å². The van der Waals surface area contributed by atoms with Gasteiger partial charge >= 0.3 is 0 Å². The Balaban J connectivity index is 1.64. The van der Waals surface area contributed by atoms with Gasteiger partial charge in [-0.2, -0.15) is 0 Å². The number of nitrogens with zero attached hydrogens (tertiary/aromatic N) is 2. The lowest BCUT2D eigenvalue weighted by molar-refractivity contribution is -0.139. The Morgan fingerprint density at radius 1 is 1.22 bits per heavy atom. The summed E-state index contributed by atoms with van der Waals surface area (Å²) in [5.41, 5.74) is 3.01. The van der Waals surface area contributed by atoms with Crippen molar-refractivity contribution >= 4 is 38.9 Å². The van der Waals surface area contributed by atoms with E-state index in [2.05, 4.69) is 28.7 Å². The number of amides is 2. The molecule has 3 atom stereocenters. The maximum absolute atomic E-state index is 14.1. The molecular formula is C30H38N4O2S. The van der Waals surface area contributed by atoms with Gasteiger partial charge in [0.25, 0.3) is 0 Å². The third-order valence-corrected chi connectivity index (χ3v) is 8.87. The monoisotopic (exact) mass is 518 g/mol. The molecule has 37 heavy (non-hydrogen) atoms. The summed E-state index contributed by atoms with van der Waals surface area (Å²) < 4.78 is 1.10. The van der Waals surface area contributed by atoms with Crippen LogP contribution in [-0.2, 0) is 9.59 Å². The molecule has 1 unspecified atom stereocenters. The summed E-state index contributed by atoms with van der Waals surface area (Å²) in [4.78, 5) is 34.0. The van der Waals surface area contributed by atoms with E-state index in [-0.39, 0.29) is 29.8 Å². The molecule has 1 aliphatic heterocycles. The van der Waals surface area contributed by atoms with Gasteiger partial charge in [0.1, 0.15) is 11.0 Å². The molecule has 2 aromatic rings. The van der Waals surface area contributed by atoms with Gasteiger partial charge in [0.15, 0.2) is 0 Å². The number of para-hydroxylation sites is 1. The number of allylic oxidation sites excluding steroid dienone is 4. The number of carbonyl (C=O) groups excluding carboxylic acids is 2. The van der Waals surface area contributed by atoms with E-state index < -0.39 is 6.04 Å². The molecule has 1 aromatic heterocycles. The van der Waals surface area contributed by atoms with Crippen molar-refractivity contribution < 1.29 is 9.59 Å². The fourth-order valence-electron chi connectivity index (χ4n) is 5.54. The Morgan fingerprint density at radius 3 is 2.70 bits per heavy atom. The number of likely N-dealkylation sites (N-methyl/N-ethyl adjacent to an activating group) is 1. The smallest absolute Gasteiger partial charge is 0.246 e. The number of carbonyl (C=O) groups is 2. The van der Waals surface area contributed by atoms with E-state index in [1.165, 1.54) is 6.42 Å². The number of terminal acetylenes is 1. The van der Waals surface area contributed by atoms with Crippen molar-refractivity contribution in [2.24, 2.45) is 5.92 Å². The lowest BCUT2D eigenvalue weighted by Gasteiger charge is -2.35. The van der Waals surface area contributed by atoms with Crippen LogP contribution in [-0.4, -0.2) is 47.4 Å². The normalized spacial score (nSPS) is 20.8. The average Bonchev–Trinajstić information content (AvgIpc) is 3.59. The van der Waals surface area contributed by atoms with Crippen LogP contribution in [0.15, 0.2) is 36.4 Å². The number of hydrogen-bond acceptors (Lipinski definition) is 5. The number of fused-ring (bicyclic) bond motifs is 1. The minimum Gasteiger partial charge on any atom is -0.343 e. The topological polar surface area (TPSA) is 74.3 Å². The molecule has 2 aliphatic rings. The van der Waals surface area contributed by atoms with Crippen LogP contribution in [0.3, 0.4) is 0 Å². The Kier molecular flexibility index (Phi) is 9.18. The molecule has 1 aliphatic carbocycles. The van der Waals surface area contributed by atoms with Crippen LogP contribution in [0, 0.1) is 18.3 Å². The predicted molar refractivity (Wildman–Crippen MR) is 152 cm³/mol. The first-order chi connectivity index (χ1) is 18.0. The summed E-state index contributed by atoms with van der Waals surface area (Å²) in [6, 6.07) is 5.29. The zero-order valence-corrected chi connectivity index (χ0v) is 22.9. The maximum atomic E-state index is 14.1. The zero-order chi connectivity index (χ0) is 26.4. The fraction of sp³-hybridized carbons (Fsp3) is 0.500. The second-order valence-electron chi connectivity index (χ2n) is 10.0. The van der Waals surface area contributed by atoms with E-state index in [4.69, 9.17) is 11.4 Å². The van der Waals surface area contributed by atoms with Crippen molar-refractivity contribution in [3.05, 3.63) is 47.0 Å². The van der Waals surface area contributed by atoms with E-state index in [9.17, 15) is 9.59 Å². The first kappa shape index (κ1) is 27.1. The van der Waals surface area contributed by atoms with Gasteiger partial charge in [0, 0.05) is 12.1 Å². The Bertz CT molecular complexity index is 1220. The number of hydrogen-bond donors (Lipinski definition) is 2. The van der Waals surface area contributed by atoms with Crippen molar-refractivity contribution in [1.29, 1.82) is 0 Å². The van der Waals surface area contributed by atoms with E-state index in [0.717, 1.165) is 64.9 Å². The van der Waals surface area contributed by atoms with E-state index >= 15 is 0 Å². The number of benzene rings is 1. The minimum atomic E-state index is -0.488. The van der Waals surface area contributed by atoms with Gasteiger partial charge in [-0.1, -0.05) is 43.4 Å². The molecule has 2 N–H and O–H groups in total. The van der Waals surface area contributed by atoms with Crippen molar-refractivity contribution in [3.8, 4) is 12.3 Å². The Morgan fingerprint density at radius 2 is 2.00 bits per heavy atom. The standard InChI is InChI=1S/C30H38N4O2S/c1-5-7-13-21(6-2)23-16-11-18-25-27(23)33-29(37-25)24-17-12-19-34(24)30(36)26(22-14-9-8-10-15-22)32-28(35)20(3)31-4/h1,6-7,11,13,16,18,20,22,24,26,31H,8-10,12,14-15,17,19H2,2-4H3,(H,32,35)/b13-7-,21-6+/t20-,24-,26?/m0/s1. The summed E-state index contributed by atoms with van der Waals surface area (Å²) in [6.45, 7) is 4.51. The van der Waals surface area contributed by atoms with Gasteiger partial charge < -0.3 is 15.5 Å². The second kappa shape index (κ2) is 12.5. The van der Waals surface area contributed by atoms with E-state index in [1.807, 2.05) is 37.0 Å². The molecule has 2 fully saturated rings. The van der Waals surface area contributed by atoms with Crippen LogP contribution in [0.4, 0.5) is 0 Å². The molecule has 2 amide bonds. The van der Waals surface area contributed by atoms with Gasteiger partial charge in [-0.15, -0.1) is 17.8 Å². The summed E-state index contributed by atoms with van der Waals surface area (Å²) in [7, 11) is 1.76. The van der Waals surface area contributed by atoms with Gasteiger partial charge in [-0.05, 0) is 76.3 Å². The molecule has 0 spiro atoms. The SMILES string of the molecule is C#C/C=C\C(=C/C)c1cccc2sc([C@@H]3CCCN3C(=O)C(NC(=O)[C@H](C)NC)C3CCCCC3)nc12. The largest absolute Gasteiger partial charge is 0.343 e. The molecular weight excluding hydrogens is 480 g/mol. The van der Waals surface area contributed by atoms with Crippen molar-refractivity contribution in [1.82, 2.24) is 20.5 Å². The Hall–Kier alpha value is -2.95. The molecule has 0 bridgehead atoms. The van der Waals surface area contributed by atoms with Gasteiger partial charge in [0.05, 0.1) is 22.3 Å². The van der Waals surface area contributed by atoms with Crippen molar-refractivity contribution in [2.45, 2.75) is 76.9 Å². The van der Waals surface area contributed by atoms with Gasteiger partial charge in [-0.25, -0.2) is 4.98 Å². The third-order valence-electron chi connectivity index (χ3n) is 7.75. The molecule has 6 nitrogen and oxygen atoms in total. The van der Waals surface area contributed by atoms with Crippen LogP contribution in [0.5, 0.6) is 0 Å². The molecule has 4 rings (SSSR count). The average molecular weight is 519 g/mol. The van der Waals surface area contributed by atoms with Gasteiger partial charge in [0.2, 0.25) is 11.8 Å². The molecule has 1 saturated heterocycles. The van der Waals surface area contributed by atoms with Crippen LogP contribution in [0.1, 0.15) is 75.4 Å². The Labute approximate surface area is 224 Å². The highest BCUT2D eigenvalue weighted by Crippen LogP contribution is 2.39. The summed E-state index contributed by atoms with van der Waals surface area (Å²) in [6.07, 6.45) is 18.3. The van der Waals surface area contributed by atoms with Crippen LogP contribution in [0.2, 0.25) is 0 Å². The number of rotatable bonds is 8. The molecule has 1 saturated carbocycles. The number of likely N-dealkylation sites (tertiary alicyclic amines) is 1. The molecule has 0 radical (unpaired) electrons. The maximum Gasteiger partial charge on any atom is 0.246 e. The second-order valence-corrected chi connectivity index (χ2v) is 11.1. The van der Waals surface area contributed by atoms with Crippen LogP contribution >= 0.6 is 11.3 Å². The first-order valence-corrected chi connectivity index (χ1v) is 14.3. The first-order valence-electron chi connectivity index (χ1n) is 13.4. The predicted octanol–water partition coefficient (Wildman–Crippen LogP) is 5.23. The van der Waals surface area contributed by atoms with Crippen molar-refractivity contribution in [2.75, 3.05) is 13.6 Å². The highest BCUT2D eigenvalue weighted by atomic mass is 32.1. The molecule has 2 heterocycles. The number of nitrogens with one attached hydrogen (secondary N) is 2.